The van der Waals surface area contributed by atoms with Crippen LogP contribution in [0.1, 0.15) is 26.5 Å². The van der Waals surface area contributed by atoms with Crippen LogP contribution in [0, 0.1) is 5.21 Å². The van der Waals surface area contributed by atoms with E-state index in [1.54, 1.807) is 6.07 Å². The molecule has 0 aliphatic rings. The van der Waals surface area contributed by atoms with Crippen molar-refractivity contribution in [2.45, 2.75) is 12.6 Å². The van der Waals surface area contributed by atoms with Gasteiger partial charge in [-0.15, -0.1) is 11.3 Å². The maximum atomic E-state index is 12.6. The first kappa shape index (κ1) is 17.9. The standard InChI is InChI=1S/C17H12F3N3O2S/c18-17(19,20)12-6-4-11(5-7-12)9-13-10-21-16(26-13)22-15(24)14-3-1-2-8-23(14)25/h1-8,10H,9H2,(H,21,22,24). The van der Waals surface area contributed by atoms with Crippen molar-refractivity contribution in [2.24, 2.45) is 0 Å². The van der Waals surface area contributed by atoms with Gasteiger partial charge >= 0.3 is 12.1 Å². The molecule has 5 nitrogen and oxygen atoms in total. The van der Waals surface area contributed by atoms with Gasteiger partial charge in [0, 0.05) is 29.6 Å². The Bertz CT molecular complexity index is 924. The molecule has 0 unspecified atom stereocenters. The van der Waals surface area contributed by atoms with Crippen LogP contribution in [0.2, 0.25) is 0 Å². The molecular weight excluding hydrogens is 367 g/mol. The topological polar surface area (TPSA) is 68.9 Å². The number of hydrogen-bond donors (Lipinski definition) is 1. The van der Waals surface area contributed by atoms with E-state index < -0.39 is 17.6 Å². The van der Waals surface area contributed by atoms with E-state index in [9.17, 15) is 23.2 Å². The molecule has 9 heteroatoms. The molecule has 1 amide bonds. The maximum Gasteiger partial charge on any atom is 0.416 e. The second-order valence-electron chi connectivity index (χ2n) is 5.37. The van der Waals surface area contributed by atoms with Gasteiger partial charge in [-0.1, -0.05) is 12.1 Å². The summed E-state index contributed by atoms with van der Waals surface area (Å²) in [6, 6.07) is 9.34. The lowest BCUT2D eigenvalue weighted by molar-refractivity contribution is -0.607. The fraction of sp³-hybridized carbons (Fsp3) is 0.118. The van der Waals surface area contributed by atoms with Gasteiger partial charge < -0.3 is 5.21 Å². The molecule has 3 aromatic rings. The minimum absolute atomic E-state index is 0.0630. The van der Waals surface area contributed by atoms with Gasteiger partial charge in [0.2, 0.25) is 0 Å². The van der Waals surface area contributed by atoms with Crippen LogP contribution in [0.3, 0.4) is 0 Å². The molecule has 26 heavy (non-hydrogen) atoms. The predicted molar refractivity (Wildman–Crippen MR) is 89.7 cm³/mol. The van der Waals surface area contributed by atoms with Crippen LogP contribution in [0.15, 0.2) is 54.9 Å². The zero-order valence-electron chi connectivity index (χ0n) is 13.2. The molecule has 134 valence electrons. The number of thiazole rings is 1. The van der Waals surface area contributed by atoms with Crippen LogP contribution in [0.5, 0.6) is 0 Å². The molecule has 0 aliphatic heterocycles. The number of benzene rings is 1. The summed E-state index contributed by atoms with van der Waals surface area (Å²) >= 11 is 1.19. The van der Waals surface area contributed by atoms with E-state index in [0.717, 1.165) is 17.0 Å². The Morgan fingerprint density at radius 1 is 1.19 bits per heavy atom. The highest BCUT2D eigenvalue weighted by Crippen LogP contribution is 2.30. The average Bonchev–Trinajstić information content (AvgIpc) is 3.01. The molecule has 0 bridgehead atoms. The number of nitrogens with zero attached hydrogens (tertiary/aromatic N) is 2. The number of halogens is 3. The van der Waals surface area contributed by atoms with E-state index in [1.807, 2.05) is 0 Å². The third-order valence-electron chi connectivity index (χ3n) is 3.49. The molecule has 0 spiro atoms. The van der Waals surface area contributed by atoms with Gasteiger partial charge in [0.05, 0.1) is 5.56 Å². The molecular formula is C17H12F3N3O2S. The number of amides is 1. The number of carbonyl (C=O) groups excluding carboxylic acids is 1. The largest absolute Gasteiger partial charge is 0.618 e. The second-order valence-corrected chi connectivity index (χ2v) is 6.48. The highest BCUT2D eigenvalue weighted by Gasteiger charge is 2.29. The molecule has 3 rings (SSSR count). The average molecular weight is 379 g/mol. The Morgan fingerprint density at radius 3 is 2.58 bits per heavy atom. The minimum Gasteiger partial charge on any atom is -0.618 e. The fourth-order valence-corrected chi connectivity index (χ4v) is 3.07. The summed E-state index contributed by atoms with van der Waals surface area (Å²) in [4.78, 5) is 16.9. The lowest BCUT2D eigenvalue weighted by atomic mass is 10.1. The molecule has 0 radical (unpaired) electrons. The number of alkyl halides is 3. The zero-order valence-corrected chi connectivity index (χ0v) is 14.0. The molecule has 2 heterocycles. The smallest absolute Gasteiger partial charge is 0.416 e. The third-order valence-corrected chi connectivity index (χ3v) is 4.40. The van der Waals surface area contributed by atoms with E-state index in [1.165, 1.54) is 48.0 Å². The number of anilines is 1. The lowest BCUT2D eigenvalue weighted by Crippen LogP contribution is -2.36. The fourth-order valence-electron chi connectivity index (χ4n) is 2.23. The van der Waals surface area contributed by atoms with E-state index in [-0.39, 0.29) is 5.69 Å². The Kier molecular flexibility index (Phi) is 4.90. The Balaban J connectivity index is 1.67. The summed E-state index contributed by atoms with van der Waals surface area (Å²) in [5.74, 6) is -0.587. The molecule has 1 N–H and O–H groups in total. The number of hydrogen-bond acceptors (Lipinski definition) is 4. The van der Waals surface area contributed by atoms with Gasteiger partial charge in [0.1, 0.15) is 0 Å². The molecule has 0 aliphatic carbocycles. The van der Waals surface area contributed by atoms with Crippen molar-refractivity contribution in [2.75, 3.05) is 5.32 Å². The summed E-state index contributed by atoms with van der Waals surface area (Å²) in [6.45, 7) is 0. The minimum atomic E-state index is -4.36. The monoisotopic (exact) mass is 379 g/mol. The Hall–Kier alpha value is -2.94. The number of carbonyl (C=O) groups is 1. The van der Waals surface area contributed by atoms with Crippen molar-refractivity contribution in [3.05, 3.63) is 81.8 Å². The summed E-state index contributed by atoms with van der Waals surface area (Å²) in [5.41, 5.74) is -0.0701. The van der Waals surface area contributed by atoms with Gasteiger partial charge in [0.25, 0.3) is 5.69 Å². The van der Waals surface area contributed by atoms with Crippen molar-refractivity contribution in [3.63, 3.8) is 0 Å². The molecule has 1 aromatic carbocycles. The van der Waals surface area contributed by atoms with Crippen molar-refractivity contribution in [1.82, 2.24) is 4.98 Å². The van der Waals surface area contributed by atoms with E-state index >= 15 is 0 Å². The quantitative estimate of drug-likeness (QED) is 0.556. The zero-order chi connectivity index (χ0) is 18.7. The predicted octanol–water partition coefficient (Wildman–Crippen LogP) is 3.64. The van der Waals surface area contributed by atoms with Gasteiger partial charge in [0.15, 0.2) is 11.3 Å². The van der Waals surface area contributed by atoms with Crippen LogP contribution >= 0.6 is 11.3 Å². The van der Waals surface area contributed by atoms with Crippen molar-refractivity contribution < 1.29 is 22.7 Å². The maximum absolute atomic E-state index is 12.6. The summed E-state index contributed by atoms with van der Waals surface area (Å²) < 4.78 is 38.2. The van der Waals surface area contributed by atoms with Crippen molar-refractivity contribution in [3.8, 4) is 0 Å². The SMILES string of the molecule is O=C(Nc1ncc(Cc2ccc(C(F)(F)F)cc2)s1)c1cccc[n+]1[O-]. The number of pyridine rings is 1. The van der Waals surface area contributed by atoms with Crippen LogP contribution in [0.25, 0.3) is 0 Å². The Labute approximate surface area is 150 Å². The number of rotatable bonds is 4. The first-order chi connectivity index (χ1) is 12.3. The van der Waals surface area contributed by atoms with Crippen molar-refractivity contribution in [1.29, 1.82) is 0 Å². The second kappa shape index (κ2) is 7.12. The summed E-state index contributed by atoms with van der Waals surface area (Å²) in [6.07, 6.45) is -1.23. The van der Waals surface area contributed by atoms with E-state index in [0.29, 0.717) is 21.8 Å². The molecule has 0 atom stereocenters. The highest BCUT2D eigenvalue weighted by molar-refractivity contribution is 7.15. The van der Waals surface area contributed by atoms with Gasteiger partial charge in [-0.2, -0.15) is 17.9 Å². The number of nitrogens with one attached hydrogen (secondary N) is 1. The van der Waals surface area contributed by atoms with E-state index in [4.69, 9.17) is 0 Å². The van der Waals surface area contributed by atoms with Crippen LogP contribution < -0.4 is 10.0 Å². The third kappa shape index (κ3) is 4.17. The van der Waals surface area contributed by atoms with Crippen LogP contribution in [0.4, 0.5) is 18.3 Å². The van der Waals surface area contributed by atoms with Gasteiger partial charge in [-0.3, -0.25) is 10.1 Å². The van der Waals surface area contributed by atoms with Gasteiger partial charge in [-0.05, 0) is 23.8 Å². The summed E-state index contributed by atoms with van der Waals surface area (Å²) in [7, 11) is 0. The first-order valence-electron chi connectivity index (χ1n) is 7.43. The van der Waals surface area contributed by atoms with Crippen LogP contribution in [-0.2, 0) is 12.6 Å². The number of aromatic nitrogens is 2. The lowest BCUT2D eigenvalue weighted by Gasteiger charge is -2.06. The van der Waals surface area contributed by atoms with Crippen LogP contribution in [-0.4, -0.2) is 10.9 Å². The molecule has 0 saturated carbocycles. The van der Waals surface area contributed by atoms with E-state index in [2.05, 4.69) is 10.3 Å². The highest BCUT2D eigenvalue weighted by atomic mass is 32.1. The summed E-state index contributed by atoms with van der Waals surface area (Å²) in [5, 5.41) is 14.4. The molecule has 0 saturated heterocycles. The van der Waals surface area contributed by atoms with Crippen molar-refractivity contribution >= 4 is 22.4 Å². The molecule has 2 aromatic heterocycles. The Morgan fingerprint density at radius 2 is 1.92 bits per heavy atom. The molecule has 0 fully saturated rings. The first-order valence-corrected chi connectivity index (χ1v) is 8.25. The van der Waals surface area contributed by atoms with Gasteiger partial charge in [-0.25, -0.2) is 4.98 Å². The normalized spacial score (nSPS) is 11.3.